The predicted molar refractivity (Wildman–Crippen MR) is 126 cm³/mol. The van der Waals surface area contributed by atoms with Crippen LogP contribution in [0.1, 0.15) is 28.3 Å². The van der Waals surface area contributed by atoms with Gasteiger partial charge in [-0.15, -0.1) is 11.8 Å². The molecule has 4 aromatic rings. The third-order valence-electron chi connectivity index (χ3n) is 6.24. The summed E-state index contributed by atoms with van der Waals surface area (Å²) in [4.78, 5) is 5.06. The summed E-state index contributed by atoms with van der Waals surface area (Å²) in [6, 6.07) is 14.2. The molecule has 0 radical (unpaired) electrons. The number of ether oxygens (including phenoxy) is 1. The summed E-state index contributed by atoms with van der Waals surface area (Å²) in [7, 11) is 0. The highest BCUT2D eigenvalue weighted by atomic mass is 35.5. The molecule has 2 aromatic heterocycles. The number of thioether (sulfide) groups is 1. The molecule has 6 rings (SSSR count). The molecule has 2 atom stereocenters. The summed E-state index contributed by atoms with van der Waals surface area (Å²) in [5.74, 6) is 2.38. The molecule has 0 spiro atoms. The smallest absolute Gasteiger partial charge is 0.220 e. The molecule has 0 aliphatic carbocycles. The Labute approximate surface area is 194 Å². The van der Waals surface area contributed by atoms with Crippen molar-refractivity contribution in [3.8, 4) is 11.6 Å². The standard InChI is InChI=1S/C24H19Cl2N3OS/c1-12-4-3-5-14-8-17-21-15(11-31-23(17)27-22(12)14)10-30-24-20(21)13(2)28-29(24)16-6-7-18(25)19(26)9-16/h3-9,15,21H,10-11H2,1-2H3. The molecule has 2 unspecified atom stereocenters. The van der Waals surface area contributed by atoms with Gasteiger partial charge in [-0.05, 0) is 49.2 Å². The van der Waals surface area contributed by atoms with Crippen molar-refractivity contribution in [2.45, 2.75) is 24.8 Å². The molecule has 156 valence electrons. The normalized spacial score (nSPS) is 19.5. The van der Waals surface area contributed by atoms with Gasteiger partial charge in [0.1, 0.15) is 5.03 Å². The number of rotatable bonds is 1. The molecule has 2 aliphatic rings. The van der Waals surface area contributed by atoms with Gasteiger partial charge in [-0.2, -0.15) is 5.10 Å². The van der Waals surface area contributed by atoms with E-state index < -0.39 is 0 Å². The van der Waals surface area contributed by atoms with Crippen LogP contribution in [0.25, 0.3) is 16.6 Å². The van der Waals surface area contributed by atoms with Crippen LogP contribution in [0, 0.1) is 19.8 Å². The quantitative estimate of drug-likeness (QED) is 0.316. The SMILES string of the molecule is Cc1nn(-c2ccc(Cl)c(Cl)c2)c2c1C1c3cc4cccc(C)c4nc3SCC1CO2. The summed E-state index contributed by atoms with van der Waals surface area (Å²) in [5.41, 5.74) is 6.54. The minimum Gasteiger partial charge on any atom is -0.477 e. The van der Waals surface area contributed by atoms with Crippen LogP contribution >= 0.6 is 35.0 Å². The van der Waals surface area contributed by atoms with Crippen LogP contribution in [0.2, 0.25) is 10.0 Å². The fraction of sp³-hybridized carbons (Fsp3) is 0.250. The van der Waals surface area contributed by atoms with Gasteiger partial charge in [-0.25, -0.2) is 9.67 Å². The maximum absolute atomic E-state index is 6.28. The average molecular weight is 468 g/mol. The first kappa shape index (κ1) is 19.5. The summed E-state index contributed by atoms with van der Waals surface area (Å²) < 4.78 is 8.13. The lowest BCUT2D eigenvalue weighted by atomic mass is 9.80. The van der Waals surface area contributed by atoms with E-state index in [-0.39, 0.29) is 5.92 Å². The van der Waals surface area contributed by atoms with E-state index in [1.807, 2.05) is 28.6 Å². The van der Waals surface area contributed by atoms with Gasteiger partial charge in [0.2, 0.25) is 5.88 Å². The fourth-order valence-corrected chi connectivity index (χ4v) is 6.21. The molecule has 0 N–H and O–H groups in total. The van der Waals surface area contributed by atoms with Crippen molar-refractivity contribution in [3.05, 3.63) is 74.9 Å². The number of hydrogen-bond acceptors (Lipinski definition) is 4. The van der Waals surface area contributed by atoms with Gasteiger partial charge in [-0.3, -0.25) is 0 Å². The Bertz CT molecular complexity index is 1370. The van der Waals surface area contributed by atoms with Gasteiger partial charge in [-0.1, -0.05) is 41.4 Å². The van der Waals surface area contributed by atoms with Crippen molar-refractivity contribution < 1.29 is 4.74 Å². The van der Waals surface area contributed by atoms with E-state index in [1.54, 1.807) is 6.07 Å². The molecular formula is C24H19Cl2N3OS. The first-order valence-electron chi connectivity index (χ1n) is 10.2. The molecule has 2 aromatic carbocycles. The second-order valence-electron chi connectivity index (χ2n) is 8.20. The molecule has 4 nitrogen and oxygen atoms in total. The van der Waals surface area contributed by atoms with Crippen LogP contribution in [-0.2, 0) is 0 Å². The number of benzene rings is 2. The van der Waals surface area contributed by atoms with E-state index in [1.165, 1.54) is 16.5 Å². The Morgan fingerprint density at radius 1 is 1.10 bits per heavy atom. The summed E-state index contributed by atoms with van der Waals surface area (Å²) in [6.45, 7) is 4.83. The Hall–Kier alpha value is -2.21. The topological polar surface area (TPSA) is 39.9 Å². The number of fused-ring (bicyclic) bond motifs is 6. The summed E-state index contributed by atoms with van der Waals surface area (Å²) >= 11 is 14.2. The largest absolute Gasteiger partial charge is 0.477 e. The lowest BCUT2D eigenvalue weighted by Gasteiger charge is -2.36. The molecular weight excluding hydrogens is 449 g/mol. The zero-order valence-corrected chi connectivity index (χ0v) is 19.4. The second-order valence-corrected chi connectivity index (χ2v) is 10.0. The van der Waals surface area contributed by atoms with Crippen molar-refractivity contribution >= 4 is 45.9 Å². The monoisotopic (exact) mass is 467 g/mol. The van der Waals surface area contributed by atoms with Crippen molar-refractivity contribution in [2.75, 3.05) is 12.4 Å². The van der Waals surface area contributed by atoms with Crippen LogP contribution in [0.15, 0.2) is 47.5 Å². The highest BCUT2D eigenvalue weighted by Gasteiger charge is 2.41. The number of para-hydroxylation sites is 1. The summed E-state index contributed by atoms with van der Waals surface area (Å²) in [5, 5.41) is 8.17. The third kappa shape index (κ3) is 2.98. The van der Waals surface area contributed by atoms with Gasteiger partial charge in [0.25, 0.3) is 0 Å². The van der Waals surface area contributed by atoms with Crippen molar-refractivity contribution in [1.82, 2.24) is 14.8 Å². The number of aromatic nitrogens is 3. The minimum absolute atomic E-state index is 0.217. The Morgan fingerprint density at radius 3 is 2.81 bits per heavy atom. The maximum Gasteiger partial charge on any atom is 0.220 e. The number of aryl methyl sites for hydroxylation is 2. The van der Waals surface area contributed by atoms with Crippen molar-refractivity contribution in [1.29, 1.82) is 0 Å². The number of halogens is 2. The van der Waals surface area contributed by atoms with Crippen LogP contribution in [0.4, 0.5) is 0 Å². The third-order valence-corrected chi connectivity index (χ3v) is 8.17. The highest BCUT2D eigenvalue weighted by Crippen LogP contribution is 2.51. The minimum atomic E-state index is 0.217. The molecule has 2 aliphatic heterocycles. The number of nitrogens with zero attached hydrogens (tertiary/aromatic N) is 3. The van der Waals surface area contributed by atoms with E-state index in [2.05, 4.69) is 38.1 Å². The molecule has 4 heterocycles. The van der Waals surface area contributed by atoms with Crippen LogP contribution in [0.3, 0.4) is 0 Å². The molecule has 0 saturated carbocycles. The van der Waals surface area contributed by atoms with E-state index in [9.17, 15) is 0 Å². The van der Waals surface area contributed by atoms with Crippen molar-refractivity contribution in [2.24, 2.45) is 5.92 Å². The molecule has 0 fully saturated rings. The van der Waals surface area contributed by atoms with Gasteiger partial charge in [0, 0.05) is 28.5 Å². The zero-order valence-electron chi connectivity index (χ0n) is 17.0. The lowest BCUT2D eigenvalue weighted by Crippen LogP contribution is -2.32. The Morgan fingerprint density at radius 2 is 1.97 bits per heavy atom. The average Bonchev–Trinajstić information content (AvgIpc) is 3.11. The Balaban J connectivity index is 1.55. The zero-order chi connectivity index (χ0) is 21.3. The molecule has 31 heavy (non-hydrogen) atoms. The van der Waals surface area contributed by atoms with E-state index in [0.717, 1.165) is 39.1 Å². The van der Waals surface area contributed by atoms with Gasteiger partial charge >= 0.3 is 0 Å². The van der Waals surface area contributed by atoms with Crippen LogP contribution in [0.5, 0.6) is 5.88 Å². The van der Waals surface area contributed by atoms with Crippen molar-refractivity contribution in [3.63, 3.8) is 0 Å². The summed E-state index contributed by atoms with van der Waals surface area (Å²) in [6.07, 6.45) is 0. The van der Waals surface area contributed by atoms with Gasteiger partial charge in [0.15, 0.2) is 0 Å². The lowest BCUT2D eigenvalue weighted by molar-refractivity contribution is 0.205. The molecule has 0 amide bonds. The van der Waals surface area contributed by atoms with E-state index in [4.69, 9.17) is 38.0 Å². The van der Waals surface area contributed by atoms with Gasteiger partial charge < -0.3 is 4.74 Å². The highest BCUT2D eigenvalue weighted by molar-refractivity contribution is 7.99. The Kier molecular flexibility index (Phi) is 4.50. The van der Waals surface area contributed by atoms with E-state index in [0.29, 0.717) is 22.6 Å². The molecule has 7 heteroatoms. The van der Waals surface area contributed by atoms with Crippen LogP contribution in [-0.4, -0.2) is 27.1 Å². The van der Waals surface area contributed by atoms with E-state index >= 15 is 0 Å². The maximum atomic E-state index is 6.28. The predicted octanol–water partition coefficient (Wildman–Crippen LogP) is 6.59. The van der Waals surface area contributed by atoms with Crippen LogP contribution < -0.4 is 4.74 Å². The number of hydrogen-bond donors (Lipinski definition) is 0. The van der Waals surface area contributed by atoms with Gasteiger partial charge in [0.05, 0.1) is 33.6 Å². The second kappa shape index (κ2) is 7.16. The fourth-order valence-electron chi connectivity index (χ4n) is 4.75. The first-order chi connectivity index (χ1) is 15.0. The first-order valence-corrected chi connectivity index (χ1v) is 12.0. The molecule has 0 saturated heterocycles. The number of pyridine rings is 1. The molecule has 0 bridgehead atoms.